The van der Waals surface area contributed by atoms with Crippen molar-refractivity contribution in [2.24, 2.45) is 10.2 Å². The van der Waals surface area contributed by atoms with E-state index in [1.54, 1.807) is 13.0 Å². The number of hydrogen-bond acceptors (Lipinski definition) is 5. The van der Waals surface area contributed by atoms with Gasteiger partial charge in [-0.25, -0.2) is 13.6 Å². The number of nitrogens with two attached hydrogens (primary N) is 1. The van der Waals surface area contributed by atoms with Gasteiger partial charge in [-0.3, -0.25) is 4.79 Å². The molecule has 0 spiro atoms. The van der Waals surface area contributed by atoms with Gasteiger partial charge in [0.25, 0.3) is 5.91 Å². The molecule has 0 aromatic heterocycles. The molecule has 1 heterocycles. The Balaban J connectivity index is 1.94. The largest absolute Gasteiger partial charge is 0.372 e. The molecule has 158 valence electrons. The fraction of sp³-hybridized carbons (Fsp3) is 0.273. The molecule has 2 aromatic carbocycles. The maximum absolute atomic E-state index is 13.0. The van der Waals surface area contributed by atoms with Gasteiger partial charge in [0, 0.05) is 18.8 Å². The van der Waals surface area contributed by atoms with Crippen LogP contribution in [-0.2, 0) is 14.8 Å². The first-order valence-corrected chi connectivity index (χ1v) is 11.3. The predicted octanol–water partition coefficient (Wildman–Crippen LogP) is 3.29. The molecule has 7 nitrogen and oxygen atoms in total. The number of carbonyl (C=O) groups is 1. The van der Waals surface area contributed by atoms with E-state index in [4.69, 9.17) is 5.14 Å². The molecule has 0 saturated carbocycles. The molecule has 1 aliphatic rings. The zero-order chi connectivity index (χ0) is 22.1. The number of rotatable bonds is 6. The van der Waals surface area contributed by atoms with Gasteiger partial charge in [-0.2, -0.15) is 10.1 Å². The van der Waals surface area contributed by atoms with E-state index in [2.05, 4.69) is 29.9 Å². The monoisotopic (exact) mass is 426 g/mol. The highest BCUT2D eigenvalue weighted by Crippen LogP contribution is 2.28. The average molecular weight is 427 g/mol. The summed E-state index contributed by atoms with van der Waals surface area (Å²) in [6.07, 6.45) is 1.83. The van der Waals surface area contributed by atoms with Crippen LogP contribution in [0.4, 0.5) is 11.4 Å². The van der Waals surface area contributed by atoms with Crippen LogP contribution >= 0.6 is 0 Å². The lowest BCUT2D eigenvalue weighted by Crippen LogP contribution is -2.22. The number of nitrogens with zero attached hydrogens (tertiary/aromatic N) is 3. The summed E-state index contributed by atoms with van der Waals surface area (Å²) in [5.41, 5.74) is 4.51. The minimum absolute atomic E-state index is 0.0686. The van der Waals surface area contributed by atoms with E-state index >= 15 is 0 Å². The topological polar surface area (TPSA) is 96.1 Å². The van der Waals surface area contributed by atoms with Crippen molar-refractivity contribution in [2.75, 3.05) is 23.0 Å². The van der Waals surface area contributed by atoms with Crippen LogP contribution in [0.15, 0.2) is 58.0 Å². The number of sulfonamides is 1. The Morgan fingerprint density at radius 3 is 2.40 bits per heavy atom. The lowest BCUT2D eigenvalue weighted by Gasteiger charge is -2.22. The van der Waals surface area contributed by atoms with Crippen molar-refractivity contribution in [3.63, 3.8) is 0 Å². The Labute approximate surface area is 177 Å². The Kier molecular flexibility index (Phi) is 6.09. The molecule has 0 unspecified atom stereocenters. The number of hydrogen-bond donors (Lipinski definition) is 1. The van der Waals surface area contributed by atoms with E-state index in [-0.39, 0.29) is 10.8 Å². The van der Waals surface area contributed by atoms with Gasteiger partial charge in [0.1, 0.15) is 0 Å². The molecule has 0 fully saturated rings. The van der Waals surface area contributed by atoms with Gasteiger partial charge >= 0.3 is 0 Å². The maximum Gasteiger partial charge on any atom is 0.280 e. The number of carbonyl (C=O) groups excluding carboxylic acids is 1. The first kappa shape index (κ1) is 21.7. The summed E-state index contributed by atoms with van der Waals surface area (Å²) >= 11 is 0. The van der Waals surface area contributed by atoms with Gasteiger partial charge in [-0.05, 0) is 75.2 Å². The average Bonchev–Trinajstić information content (AvgIpc) is 2.98. The van der Waals surface area contributed by atoms with Crippen molar-refractivity contribution in [3.05, 3.63) is 59.2 Å². The van der Waals surface area contributed by atoms with Crippen molar-refractivity contribution in [1.29, 1.82) is 0 Å². The predicted molar refractivity (Wildman–Crippen MR) is 121 cm³/mol. The third-order valence-electron chi connectivity index (χ3n) is 5.14. The highest BCUT2D eigenvalue weighted by Gasteiger charge is 2.29. The van der Waals surface area contributed by atoms with E-state index in [0.717, 1.165) is 29.9 Å². The normalized spacial score (nSPS) is 15.6. The quantitative estimate of drug-likeness (QED) is 0.717. The smallest absolute Gasteiger partial charge is 0.280 e. The Hall–Kier alpha value is -2.97. The molecule has 0 atom stereocenters. The SMILES string of the molecule is CCN(CC)c1ccc(/C=C2/C(=O)N(c3cccc(S(N)(=O)=O)c3)N=C2C)c(C)c1. The van der Waals surface area contributed by atoms with Gasteiger partial charge < -0.3 is 4.90 Å². The Morgan fingerprint density at radius 2 is 1.80 bits per heavy atom. The summed E-state index contributed by atoms with van der Waals surface area (Å²) in [5, 5.41) is 10.7. The molecule has 2 aromatic rings. The summed E-state index contributed by atoms with van der Waals surface area (Å²) in [5.74, 6) is -0.314. The van der Waals surface area contributed by atoms with Crippen LogP contribution < -0.4 is 15.0 Å². The summed E-state index contributed by atoms with van der Waals surface area (Å²) < 4.78 is 23.3. The van der Waals surface area contributed by atoms with Crippen molar-refractivity contribution >= 4 is 39.1 Å². The van der Waals surface area contributed by atoms with Crippen molar-refractivity contribution in [2.45, 2.75) is 32.6 Å². The fourth-order valence-corrected chi connectivity index (χ4v) is 3.97. The maximum atomic E-state index is 13.0. The van der Waals surface area contributed by atoms with Crippen molar-refractivity contribution in [3.8, 4) is 0 Å². The number of primary sulfonamides is 1. The Bertz CT molecular complexity index is 1150. The molecular formula is C22H26N4O3S. The van der Waals surface area contributed by atoms with Gasteiger partial charge in [-0.1, -0.05) is 12.1 Å². The molecule has 1 aliphatic heterocycles. The second-order valence-corrected chi connectivity index (χ2v) is 8.68. The molecule has 30 heavy (non-hydrogen) atoms. The summed E-state index contributed by atoms with van der Waals surface area (Å²) in [6.45, 7) is 9.85. The standard InChI is InChI=1S/C22H26N4O3S/c1-5-25(6-2)18-11-10-17(15(3)12-18)13-21-16(4)24-26(22(21)27)19-8-7-9-20(14-19)30(23,28)29/h7-14H,5-6H2,1-4H3,(H2,23,28,29)/b21-13+. The van der Waals surface area contributed by atoms with Gasteiger partial charge in [0.2, 0.25) is 10.0 Å². The van der Waals surface area contributed by atoms with E-state index < -0.39 is 10.0 Å². The van der Waals surface area contributed by atoms with Crippen LogP contribution in [-0.4, -0.2) is 33.1 Å². The minimum Gasteiger partial charge on any atom is -0.372 e. The van der Waals surface area contributed by atoms with Crippen LogP contribution in [0.25, 0.3) is 6.08 Å². The second-order valence-electron chi connectivity index (χ2n) is 7.12. The number of aryl methyl sites for hydroxylation is 1. The Morgan fingerprint density at radius 1 is 1.10 bits per heavy atom. The van der Waals surface area contributed by atoms with Crippen molar-refractivity contribution < 1.29 is 13.2 Å². The van der Waals surface area contributed by atoms with Crippen LogP contribution in [0.5, 0.6) is 0 Å². The number of amides is 1. The minimum atomic E-state index is -3.87. The van der Waals surface area contributed by atoms with Crippen LogP contribution in [0.3, 0.4) is 0 Å². The number of anilines is 2. The molecule has 0 saturated heterocycles. The molecule has 8 heteroatoms. The summed E-state index contributed by atoms with van der Waals surface area (Å²) in [7, 11) is -3.87. The fourth-order valence-electron chi connectivity index (χ4n) is 3.41. The van der Waals surface area contributed by atoms with Crippen molar-refractivity contribution in [1.82, 2.24) is 0 Å². The summed E-state index contributed by atoms with van der Waals surface area (Å²) in [6, 6.07) is 12.0. The van der Waals surface area contributed by atoms with E-state index in [0.29, 0.717) is 17.0 Å². The molecule has 2 N–H and O–H groups in total. The second kappa shape index (κ2) is 8.41. The molecule has 0 bridgehead atoms. The first-order chi connectivity index (χ1) is 14.2. The van der Waals surface area contributed by atoms with Crippen LogP contribution in [0.2, 0.25) is 0 Å². The van der Waals surface area contributed by atoms with Gasteiger partial charge in [-0.15, -0.1) is 0 Å². The van der Waals surface area contributed by atoms with E-state index in [1.807, 2.05) is 25.1 Å². The lowest BCUT2D eigenvalue weighted by molar-refractivity contribution is -0.114. The third kappa shape index (κ3) is 4.29. The molecule has 0 radical (unpaired) electrons. The van der Waals surface area contributed by atoms with Crippen LogP contribution in [0, 0.1) is 6.92 Å². The zero-order valence-electron chi connectivity index (χ0n) is 17.6. The molecule has 1 amide bonds. The molecule has 0 aliphatic carbocycles. The first-order valence-electron chi connectivity index (χ1n) is 9.76. The van der Waals surface area contributed by atoms with Gasteiger partial charge in [0.15, 0.2) is 0 Å². The number of benzene rings is 2. The number of hydrazone groups is 1. The highest BCUT2D eigenvalue weighted by molar-refractivity contribution is 7.89. The zero-order valence-corrected chi connectivity index (χ0v) is 18.4. The molecule has 3 rings (SSSR count). The highest BCUT2D eigenvalue weighted by atomic mass is 32.2. The van der Waals surface area contributed by atoms with Gasteiger partial charge in [0.05, 0.1) is 21.9 Å². The van der Waals surface area contributed by atoms with E-state index in [9.17, 15) is 13.2 Å². The lowest BCUT2D eigenvalue weighted by atomic mass is 10.0. The van der Waals surface area contributed by atoms with Crippen LogP contribution in [0.1, 0.15) is 31.9 Å². The van der Waals surface area contributed by atoms with E-state index in [1.165, 1.54) is 23.2 Å². The summed E-state index contributed by atoms with van der Waals surface area (Å²) in [4.78, 5) is 15.2. The molecular weight excluding hydrogens is 400 g/mol. The third-order valence-corrected chi connectivity index (χ3v) is 6.05.